The molecule has 1 amide bonds. The molecule has 3 heteroatoms. The van der Waals surface area contributed by atoms with E-state index in [9.17, 15) is 4.79 Å². The summed E-state index contributed by atoms with van der Waals surface area (Å²) in [6, 6.07) is 0.0625. The molecular weight excluding hydrogens is 142 g/mol. The van der Waals surface area contributed by atoms with Crippen LogP contribution in [-0.4, -0.2) is 28.7 Å². The monoisotopic (exact) mass is 155 g/mol. The molecule has 1 N–H and O–H groups in total. The molecule has 1 atom stereocenters. The molecule has 0 bridgehead atoms. The van der Waals surface area contributed by atoms with E-state index in [0.717, 1.165) is 18.4 Å². The Morgan fingerprint density at radius 2 is 2.36 bits per heavy atom. The number of carbonyl (C=O) groups is 1. The van der Waals surface area contributed by atoms with E-state index in [1.807, 2.05) is 6.92 Å². The fourth-order valence-corrected chi connectivity index (χ4v) is 1.51. The topological polar surface area (TPSA) is 40.5 Å². The van der Waals surface area contributed by atoms with Crippen LogP contribution < -0.4 is 0 Å². The van der Waals surface area contributed by atoms with E-state index in [0.29, 0.717) is 6.54 Å². The Morgan fingerprint density at radius 1 is 1.73 bits per heavy atom. The van der Waals surface area contributed by atoms with Crippen LogP contribution in [0.1, 0.15) is 19.8 Å². The molecule has 1 unspecified atom stereocenters. The highest BCUT2D eigenvalue weighted by atomic mass is 16.4. The molecule has 3 nitrogen and oxygen atoms in total. The van der Waals surface area contributed by atoms with Crippen molar-refractivity contribution in [2.45, 2.75) is 25.8 Å². The fraction of sp³-hybridized carbons (Fsp3) is 0.625. The largest absolute Gasteiger partial charge is 0.465 e. The maximum absolute atomic E-state index is 10.6. The third kappa shape index (κ3) is 1.53. The van der Waals surface area contributed by atoms with E-state index in [1.54, 1.807) is 0 Å². The number of hydrogen-bond donors (Lipinski definition) is 1. The van der Waals surface area contributed by atoms with E-state index < -0.39 is 6.09 Å². The minimum atomic E-state index is -0.824. The molecular formula is C8H13NO2. The van der Waals surface area contributed by atoms with Gasteiger partial charge in [-0.15, -0.1) is 0 Å². The molecule has 0 aromatic heterocycles. The van der Waals surface area contributed by atoms with E-state index in [1.165, 1.54) is 4.90 Å². The number of likely N-dealkylation sites (tertiary alicyclic amines) is 1. The molecule has 0 spiro atoms. The molecule has 0 radical (unpaired) electrons. The first-order valence-electron chi connectivity index (χ1n) is 3.78. The average Bonchev–Trinajstić information content (AvgIpc) is 2.32. The molecule has 11 heavy (non-hydrogen) atoms. The summed E-state index contributed by atoms with van der Waals surface area (Å²) in [4.78, 5) is 12.1. The van der Waals surface area contributed by atoms with Crippen LogP contribution in [0.25, 0.3) is 0 Å². The zero-order valence-electron chi connectivity index (χ0n) is 6.71. The maximum atomic E-state index is 10.6. The van der Waals surface area contributed by atoms with Crippen molar-refractivity contribution in [2.75, 3.05) is 6.54 Å². The molecule has 0 aromatic carbocycles. The van der Waals surface area contributed by atoms with Crippen LogP contribution in [0.15, 0.2) is 12.2 Å². The molecule has 1 aliphatic heterocycles. The highest BCUT2D eigenvalue weighted by Crippen LogP contribution is 2.21. The second kappa shape index (κ2) is 2.95. The number of hydrogen-bond acceptors (Lipinski definition) is 1. The lowest BCUT2D eigenvalue weighted by atomic mass is 10.1. The molecule has 0 aliphatic carbocycles. The molecule has 62 valence electrons. The van der Waals surface area contributed by atoms with Crippen molar-refractivity contribution in [1.82, 2.24) is 4.90 Å². The lowest BCUT2D eigenvalue weighted by Gasteiger charge is -2.21. The Kier molecular flexibility index (Phi) is 2.17. The smallest absolute Gasteiger partial charge is 0.407 e. The van der Waals surface area contributed by atoms with Crippen LogP contribution in [0.4, 0.5) is 4.79 Å². The van der Waals surface area contributed by atoms with Crippen molar-refractivity contribution in [3.8, 4) is 0 Å². The van der Waals surface area contributed by atoms with Crippen molar-refractivity contribution in [2.24, 2.45) is 0 Å². The Bertz CT molecular complexity index is 169. The van der Waals surface area contributed by atoms with Crippen LogP contribution >= 0.6 is 0 Å². The average molecular weight is 155 g/mol. The normalized spacial score (nSPS) is 23.7. The van der Waals surface area contributed by atoms with Gasteiger partial charge in [-0.1, -0.05) is 12.2 Å². The summed E-state index contributed by atoms with van der Waals surface area (Å²) >= 11 is 0. The van der Waals surface area contributed by atoms with Crippen molar-refractivity contribution in [3.05, 3.63) is 12.2 Å². The highest BCUT2D eigenvalue weighted by Gasteiger charge is 2.28. The summed E-state index contributed by atoms with van der Waals surface area (Å²) in [5.41, 5.74) is 0.949. The van der Waals surface area contributed by atoms with Gasteiger partial charge in [-0.05, 0) is 19.8 Å². The van der Waals surface area contributed by atoms with Gasteiger partial charge < -0.3 is 10.0 Å². The first-order chi connectivity index (χ1) is 5.13. The van der Waals surface area contributed by atoms with Crippen LogP contribution in [0.5, 0.6) is 0 Å². The van der Waals surface area contributed by atoms with Gasteiger partial charge in [0.15, 0.2) is 0 Å². The van der Waals surface area contributed by atoms with Gasteiger partial charge in [0.1, 0.15) is 0 Å². The third-order valence-corrected chi connectivity index (χ3v) is 2.07. The number of rotatable bonds is 1. The lowest BCUT2D eigenvalue weighted by Crippen LogP contribution is -2.34. The van der Waals surface area contributed by atoms with Gasteiger partial charge in [0.05, 0.1) is 6.04 Å². The minimum absolute atomic E-state index is 0.0625. The molecule has 1 heterocycles. The van der Waals surface area contributed by atoms with Crippen LogP contribution in [0, 0.1) is 0 Å². The first-order valence-corrected chi connectivity index (χ1v) is 3.78. The minimum Gasteiger partial charge on any atom is -0.465 e. The fourth-order valence-electron chi connectivity index (χ4n) is 1.51. The van der Waals surface area contributed by atoms with Gasteiger partial charge in [-0.2, -0.15) is 0 Å². The maximum Gasteiger partial charge on any atom is 0.407 e. The number of amides is 1. The molecule has 0 saturated carbocycles. The SMILES string of the molecule is C=C(C)C1CCCN1C(=O)O. The van der Waals surface area contributed by atoms with Crippen molar-refractivity contribution in [1.29, 1.82) is 0 Å². The molecule has 1 rings (SSSR count). The Balaban J connectivity index is 2.65. The quantitative estimate of drug-likeness (QED) is 0.585. The summed E-state index contributed by atoms with van der Waals surface area (Å²) < 4.78 is 0. The van der Waals surface area contributed by atoms with Crippen LogP contribution in [-0.2, 0) is 0 Å². The van der Waals surface area contributed by atoms with Crippen molar-refractivity contribution < 1.29 is 9.90 Å². The number of carboxylic acid groups (broad SMARTS) is 1. The van der Waals surface area contributed by atoms with E-state index in [-0.39, 0.29) is 6.04 Å². The zero-order valence-corrected chi connectivity index (χ0v) is 6.71. The zero-order chi connectivity index (χ0) is 8.43. The Labute approximate surface area is 66.3 Å². The summed E-state index contributed by atoms with van der Waals surface area (Å²) in [5, 5.41) is 8.72. The second-order valence-corrected chi connectivity index (χ2v) is 2.98. The molecule has 1 saturated heterocycles. The third-order valence-electron chi connectivity index (χ3n) is 2.07. The number of nitrogens with zero attached hydrogens (tertiary/aromatic N) is 1. The van der Waals surface area contributed by atoms with Crippen LogP contribution in [0.2, 0.25) is 0 Å². The predicted octanol–water partition coefficient (Wildman–Crippen LogP) is 1.70. The molecule has 0 aromatic rings. The second-order valence-electron chi connectivity index (χ2n) is 2.98. The van der Waals surface area contributed by atoms with Gasteiger partial charge in [0.2, 0.25) is 0 Å². The van der Waals surface area contributed by atoms with Gasteiger partial charge in [-0.25, -0.2) is 4.79 Å². The van der Waals surface area contributed by atoms with Crippen molar-refractivity contribution in [3.63, 3.8) is 0 Å². The molecule has 1 aliphatic rings. The van der Waals surface area contributed by atoms with Crippen molar-refractivity contribution >= 4 is 6.09 Å². The van der Waals surface area contributed by atoms with E-state index >= 15 is 0 Å². The Hall–Kier alpha value is -0.990. The summed E-state index contributed by atoms with van der Waals surface area (Å²) in [7, 11) is 0. The standard InChI is InChI=1S/C8H13NO2/c1-6(2)7-4-3-5-9(7)8(10)11/h7H,1,3-5H2,2H3,(H,10,11). The molecule has 1 fully saturated rings. The summed E-state index contributed by atoms with van der Waals surface area (Å²) in [5.74, 6) is 0. The van der Waals surface area contributed by atoms with E-state index in [2.05, 4.69) is 6.58 Å². The Morgan fingerprint density at radius 3 is 2.73 bits per heavy atom. The summed E-state index contributed by atoms with van der Waals surface area (Å²) in [6.07, 6.45) is 1.07. The first kappa shape index (κ1) is 8.11. The van der Waals surface area contributed by atoms with Gasteiger partial charge in [0, 0.05) is 6.54 Å². The van der Waals surface area contributed by atoms with Gasteiger partial charge in [0.25, 0.3) is 0 Å². The lowest BCUT2D eigenvalue weighted by molar-refractivity contribution is 0.145. The van der Waals surface area contributed by atoms with Gasteiger partial charge in [-0.3, -0.25) is 0 Å². The highest BCUT2D eigenvalue weighted by molar-refractivity contribution is 5.66. The summed E-state index contributed by atoms with van der Waals surface area (Å²) in [6.45, 7) is 6.31. The van der Waals surface area contributed by atoms with Crippen LogP contribution in [0.3, 0.4) is 0 Å². The predicted molar refractivity (Wildman–Crippen MR) is 42.6 cm³/mol. The van der Waals surface area contributed by atoms with Gasteiger partial charge >= 0.3 is 6.09 Å². The van der Waals surface area contributed by atoms with E-state index in [4.69, 9.17) is 5.11 Å².